The van der Waals surface area contributed by atoms with Crippen LogP contribution in [0.4, 0.5) is 11.4 Å². The molecule has 6 unspecified atom stereocenters. The van der Waals surface area contributed by atoms with Crippen LogP contribution in [0.15, 0.2) is 138 Å². The second-order valence-electron chi connectivity index (χ2n) is 15.9. The van der Waals surface area contributed by atoms with E-state index in [-0.39, 0.29) is 11.5 Å². The summed E-state index contributed by atoms with van der Waals surface area (Å²) in [5, 5.41) is 1.33. The SMILES string of the molecule is C1=CC(c2ccc(N(c3cccc4oc5c(c34)CCCC5)C3C=CC4c5ccccc5C5(c6ccccc6C6C=CCCC65)C4C3)cc2)=CCC1. The van der Waals surface area contributed by atoms with Crippen LogP contribution in [0.1, 0.15) is 95.9 Å². The maximum absolute atomic E-state index is 6.62. The minimum Gasteiger partial charge on any atom is -0.461 e. The molecule has 1 aromatic heterocycles. The van der Waals surface area contributed by atoms with Crippen LogP contribution in [0.2, 0.25) is 0 Å². The van der Waals surface area contributed by atoms with Crippen molar-refractivity contribution in [2.45, 2.75) is 81.1 Å². The van der Waals surface area contributed by atoms with Crippen LogP contribution in [0.25, 0.3) is 16.5 Å². The number of aryl methyl sites for hydroxylation is 2. The third-order valence-corrected chi connectivity index (χ3v) is 13.6. The Morgan fingerprint density at radius 3 is 2.25 bits per heavy atom. The fourth-order valence-electron chi connectivity index (χ4n) is 11.7. The molecule has 0 N–H and O–H groups in total. The third kappa shape index (κ3) is 4.29. The molecule has 0 amide bonds. The fraction of sp³-hybridized carbons (Fsp3) is 0.306. The number of nitrogens with zero attached hydrogens (tertiary/aromatic N) is 1. The first-order chi connectivity index (χ1) is 25.3. The van der Waals surface area contributed by atoms with Gasteiger partial charge in [0.25, 0.3) is 0 Å². The van der Waals surface area contributed by atoms with Gasteiger partial charge in [-0.3, -0.25) is 0 Å². The quantitative estimate of drug-likeness (QED) is 0.178. The van der Waals surface area contributed by atoms with Crippen LogP contribution in [0, 0.1) is 11.8 Å². The summed E-state index contributed by atoms with van der Waals surface area (Å²) < 4.78 is 6.62. The molecule has 5 aromatic rings. The van der Waals surface area contributed by atoms with E-state index in [9.17, 15) is 0 Å². The molecule has 0 radical (unpaired) electrons. The van der Waals surface area contributed by atoms with Gasteiger partial charge in [-0.15, -0.1) is 0 Å². The summed E-state index contributed by atoms with van der Waals surface area (Å²) in [6.45, 7) is 0. The number of rotatable bonds is 4. The van der Waals surface area contributed by atoms with Gasteiger partial charge in [-0.2, -0.15) is 0 Å². The van der Waals surface area contributed by atoms with Crippen molar-refractivity contribution in [3.8, 4) is 0 Å². The summed E-state index contributed by atoms with van der Waals surface area (Å²) in [7, 11) is 0. The van der Waals surface area contributed by atoms with Crippen molar-refractivity contribution in [2.24, 2.45) is 11.8 Å². The number of benzene rings is 4. The first-order valence-corrected chi connectivity index (χ1v) is 19.6. The van der Waals surface area contributed by atoms with Gasteiger partial charge in [0.2, 0.25) is 0 Å². The van der Waals surface area contributed by atoms with Gasteiger partial charge in [-0.1, -0.05) is 109 Å². The average Bonchev–Trinajstić information content (AvgIpc) is 3.83. The molecule has 0 saturated carbocycles. The lowest BCUT2D eigenvalue weighted by Gasteiger charge is -2.46. The molecule has 0 saturated heterocycles. The minimum atomic E-state index is 0.00637. The Kier molecular flexibility index (Phi) is 6.79. The molecule has 1 spiro atoms. The van der Waals surface area contributed by atoms with E-state index in [0.717, 1.165) is 37.7 Å². The molecule has 0 fully saturated rings. The van der Waals surface area contributed by atoms with Crippen molar-refractivity contribution in [2.75, 3.05) is 4.90 Å². The summed E-state index contributed by atoms with van der Waals surface area (Å²) in [6.07, 6.45) is 27.6. The zero-order valence-electron chi connectivity index (χ0n) is 29.3. The Morgan fingerprint density at radius 2 is 1.45 bits per heavy atom. The Labute approximate surface area is 301 Å². The van der Waals surface area contributed by atoms with Crippen molar-refractivity contribution in [1.29, 1.82) is 0 Å². The Balaban J connectivity index is 1.09. The molecular formula is C49H45NO. The predicted molar refractivity (Wildman–Crippen MR) is 210 cm³/mol. The van der Waals surface area contributed by atoms with Gasteiger partial charge in [0, 0.05) is 40.3 Å². The first kappa shape index (κ1) is 29.9. The monoisotopic (exact) mass is 663 g/mol. The van der Waals surface area contributed by atoms with Crippen LogP contribution < -0.4 is 4.90 Å². The molecule has 6 aliphatic carbocycles. The highest BCUT2D eigenvalue weighted by atomic mass is 16.3. The molecule has 0 aliphatic heterocycles. The standard InChI is InChI=1S/C49H45NO/c1-2-13-32(14-3-1)33-25-27-34(28-26-33)50(45-22-12-24-47-48(45)40-18-7-11-23-46(40)51-47)35-29-30-39-38-17-6-10-21-43(38)49(44(39)31-35)41-19-8-4-15-36(41)37-16-5-9-20-42(37)49/h2,4-6,8,10,12-17,19,21-22,24-30,35,37,39,42,44H,1,3,7,9,11,18,20,23,31H2. The molecule has 6 aliphatic rings. The zero-order chi connectivity index (χ0) is 33.5. The highest BCUT2D eigenvalue weighted by Crippen LogP contribution is 2.69. The number of furan rings is 1. The van der Waals surface area contributed by atoms with Crippen LogP contribution in [0.3, 0.4) is 0 Å². The van der Waals surface area contributed by atoms with E-state index in [4.69, 9.17) is 4.42 Å². The van der Waals surface area contributed by atoms with Crippen LogP contribution in [-0.4, -0.2) is 6.04 Å². The number of allylic oxidation sites excluding steroid dienone is 7. The lowest BCUT2D eigenvalue weighted by Crippen LogP contribution is -2.44. The van der Waals surface area contributed by atoms with Crippen LogP contribution in [-0.2, 0) is 18.3 Å². The number of hydrogen-bond donors (Lipinski definition) is 0. The Morgan fingerprint density at radius 1 is 0.667 bits per heavy atom. The number of hydrogen-bond acceptors (Lipinski definition) is 2. The second-order valence-corrected chi connectivity index (χ2v) is 15.9. The van der Waals surface area contributed by atoms with E-state index in [1.807, 2.05) is 0 Å². The Bertz CT molecular complexity index is 2280. The summed E-state index contributed by atoms with van der Waals surface area (Å²) in [5.74, 6) is 3.17. The predicted octanol–water partition coefficient (Wildman–Crippen LogP) is 12.3. The van der Waals surface area contributed by atoms with Crippen LogP contribution >= 0.6 is 0 Å². The van der Waals surface area contributed by atoms with Gasteiger partial charge in [0.15, 0.2) is 0 Å². The number of fused-ring (bicyclic) bond motifs is 13. The van der Waals surface area contributed by atoms with Crippen molar-refractivity contribution >= 4 is 27.9 Å². The summed E-state index contributed by atoms with van der Waals surface area (Å²) >= 11 is 0. The van der Waals surface area contributed by atoms with E-state index in [2.05, 4.69) is 138 Å². The average molecular weight is 664 g/mol. The highest BCUT2D eigenvalue weighted by Gasteiger charge is 2.62. The molecule has 2 nitrogen and oxygen atoms in total. The zero-order valence-corrected chi connectivity index (χ0v) is 29.3. The largest absolute Gasteiger partial charge is 0.461 e. The van der Waals surface area contributed by atoms with Gasteiger partial charge in [-0.25, -0.2) is 0 Å². The van der Waals surface area contributed by atoms with E-state index < -0.39 is 0 Å². The molecule has 6 atom stereocenters. The topological polar surface area (TPSA) is 16.4 Å². The molecule has 252 valence electrons. The van der Waals surface area contributed by atoms with E-state index in [1.54, 1.807) is 22.3 Å². The minimum absolute atomic E-state index is 0.00637. The van der Waals surface area contributed by atoms with E-state index in [0.29, 0.717) is 23.7 Å². The van der Waals surface area contributed by atoms with Gasteiger partial charge < -0.3 is 9.32 Å². The maximum atomic E-state index is 6.62. The van der Waals surface area contributed by atoms with Crippen molar-refractivity contribution in [3.05, 3.63) is 173 Å². The third-order valence-electron chi connectivity index (χ3n) is 13.6. The summed E-state index contributed by atoms with van der Waals surface area (Å²) in [4.78, 5) is 2.70. The van der Waals surface area contributed by atoms with Crippen LogP contribution in [0.5, 0.6) is 0 Å². The van der Waals surface area contributed by atoms with Crippen molar-refractivity contribution in [1.82, 2.24) is 0 Å². The first-order valence-electron chi connectivity index (χ1n) is 19.6. The van der Waals surface area contributed by atoms with Crippen molar-refractivity contribution in [3.63, 3.8) is 0 Å². The highest BCUT2D eigenvalue weighted by molar-refractivity contribution is 5.97. The molecule has 51 heavy (non-hydrogen) atoms. The van der Waals surface area contributed by atoms with Gasteiger partial charge >= 0.3 is 0 Å². The summed E-state index contributed by atoms with van der Waals surface area (Å²) in [6, 6.07) is 35.5. The van der Waals surface area contributed by atoms with Gasteiger partial charge in [0.1, 0.15) is 11.3 Å². The lowest BCUT2D eigenvalue weighted by atomic mass is 9.58. The smallest absolute Gasteiger partial charge is 0.136 e. The van der Waals surface area contributed by atoms with E-state index in [1.165, 1.54) is 64.9 Å². The van der Waals surface area contributed by atoms with E-state index >= 15 is 0 Å². The molecule has 11 rings (SSSR count). The molecule has 1 heterocycles. The molecule has 2 heteroatoms. The van der Waals surface area contributed by atoms with Gasteiger partial charge in [0.05, 0.1) is 11.7 Å². The normalized spacial score (nSPS) is 28.2. The number of anilines is 2. The molecular weight excluding hydrogens is 619 g/mol. The lowest BCUT2D eigenvalue weighted by molar-refractivity contribution is 0.196. The Hall–Kier alpha value is -4.82. The van der Waals surface area contributed by atoms with Gasteiger partial charge in [-0.05, 0) is 121 Å². The molecule has 0 bridgehead atoms. The fourth-order valence-corrected chi connectivity index (χ4v) is 11.7. The maximum Gasteiger partial charge on any atom is 0.136 e. The summed E-state index contributed by atoms with van der Waals surface area (Å²) in [5.41, 5.74) is 14.0. The molecule has 4 aromatic carbocycles. The van der Waals surface area contributed by atoms with Crippen molar-refractivity contribution < 1.29 is 4.42 Å². The second kappa shape index (κ2) is 11.6.